The van der Waals surface area contributed by atoms with Crippen molar-refractivity contribution in [2.45, 2.75) is 62.3 Å². The summed E-state index contributed by atoms with van der Waals surface area (Å²) in [5, 5.41) is 26.3. The monoisotopic (exact) mass is 385 g/mol. The fraction of sp³-hybridized carbons (Fsp3) is 0.611. The second kappa shape index (κ2) is 33.9. The van der Waals surface area contributed by atoms with Gasteiger partial charge in [-0.1, -0.05) is 48.5 Å². The first-order chi connectivity index (χ1) is 10.7. The maximum Gasteiger partial charge on any atom is 0.373 e. The molecule has 0 aliphatic heterocycles. The SMILES string of the molecule is CC.CC.CC(C)(C)C(=O)[O-].O=C=O.O=C[O-].[CH2+]C(C)(C)C(=O)O.[CH3+].[CH3+].[HH].[HH]. The van der Waals surface area contributed by atoms with Gasteiger partial charge in [0.25, 0.3) is 0 Å². The standard InChI is InChI=1S/C5H10O2.C5H8O2.2C2H6.CH2O2.CO2.2CH3.2H2/c2*1-5(2,3)4(6)7;2*1-2;2*2-1-3;;;;/h1-3H3,(H,6,7);1H2,2-3H3;2*1-2H3;1H,(H,2,3);;2*1H3;2*1H/q;;;;;;2*+1;;/p-1. The molecule has 160 valence electrons. The van der Waals surface area contributed by atoms with Crippen LogP contribution < -0.4 is 10.2 Å². The highest BCUT2D eigenvalue weighted by Gasteiger charge is 2.27. The van der Waals surface area contributed by atoms with Gasteiger partial charge in [-0.15, -0.1) is 0 Å². The maximum absolute atomic E-state index is 9.96. The van der Waals surface area contributed by atoms with Crippen LogP contribution in [-0.2, 0) is 24.0 Å². The van der Waals surface area contributed by atoms with Gasteiger partial charge in [-0.25, -0.2) is 4.79 Å². The number of hydrogen-bond donors (Lipinski definition) is 1. The van der Waals surface area contributed by atoms with E-state index in [1.54, 1.807) is 34.6 Å². The van der Waals surface area contributed by atoms with Gasteiger partial charge >= 0.3 is 12.1 Å². The zero-order valence-electron chi connectivity index (χ0n) is 18.1. The van der Waals surface area contributed by atoms with Crippen LogP contribution in [0, 0.1) is 32.6 Å². The predicted molar refractivity (Wildman–Crippen MR) is 102 cm³/mol. The van der Waals surface area contributed by atoms with Gasteiger partial charge < -0.3 is 24.9 Å². The fourth-order valence-electron chi connectivity index (χ4n) is 0. The molecular formula is C18H41O8+. The minimum Gasteiger partial charge on any atom is -0.554 e. The van der Waals surface area contributed by atoms with Crippen LogP contribution in [0.5, 0.6) is 0 Å². The summed E-state index contributed by atoms with van der Waals surface area (Å²) in [5.74, 6) is -1.87. The van der Waals surface area contributed by atoms with E-state index >= 15 is 0 Å². The van der Waals surface area contributed by atoms with Gasteiger partial charge in [0, 0.05) is 35.6 Å². The number of carbonyl (C=O) groups excluding carboxylic acids is 4. The topological polar surface area (TPSA) is 152 Å². The van der Waals surface area contributed by atoms with Crippen molar-refractivity contribution in [2.75, 3.05) is 0 Å². The Bertz CT molecular complexity index is 303. The third-order valence-electron chi connectivity index (χ3n) is 1.19. The molecule has 0 saturated carbocycles. The molecule has 26 heavy (non-hydrogen) atoms. The van der Waals surface area contributed by atoms with E-state index in [1.165, 1.54) is 0 Å². The van der Waals surface area contributed by atoms with Crippen molar-refractivity contribution < 1.29 is 42.1 Å². The Labute approximate surface area is 162 Å². The molecule has 0 unspecified atom stereocenters. The largest absolute Gasteiger partial charge is 0.554 e. The third kappa shape index (κ3) is 101. The number of hydrogen-bond acceptors (Lipinski definition) is 7. The van der Waals surface area contributed by atoms with Crippen LogP contribution >= 0.6 is 0 Å². The minimum atomic E-state index is -1.01. The Morgan fingerprint density at radius 3 is 1.08 bits per heavy atom. The van der Waals surface area contributed by atoms with E-state index < -0.39 is 29.2 Å². The Balaban J connectivity index is -0.0000000182. The Hall–Kier alpha value is -2.60. The fourth-order valence-corrected chi connectivity index (χ4v) is 0. The summed E-state index contributed by atoms with van der Waals surface area (Å²) in [5.41, 5.74) is -1.53. The molecule has 0 aromatic heterocycles. The van der Waals surface area contributed by atoms with Gasteiger partial charge in [0.05, 0.1) is 6.92 Å². The first-order valence-corrected chi connectivity index (χ1v) is 7.07. The van der Waals surface area contributed by atoms with Crippen LogP contribution in [0.15, 0.2) is 0 Å². The third-order valence-corrected chi connectivity index (χ3v) is 1.19. The van der Waals surface area contributed by atoms with Crippen LogP contribution in [0.4, 0.5) is 0 Å². The molecule has 0 bridgehead atoms. The van der Waals surface area contributed by atoms with Crippen molar-refractivity contribution in [3.8, 4) is 0 Å². The van der Waals surface area contributed by atoms with E-state index in [4.69, 9.17) is 24.6 Å². The van der Waals surface area contributed by atoms with Gasteiger partial charge in [0.15, 0.2) is 5.41 Å². The van der Waals surface area contributed by atoms with Crippen LogP contribution in [-0.4, -0.2) is 29.7 Å². The molecule has 0 aromatic carbocycles. The van der Waals surface area contributed by atoms with Gasteiger partial charge in [0.2, 0.25) is 0 Å². The molecule has 8 heteroatoms. The molecule has 8 nitrogen and oxygen atoms in total. The van der Waals surface area contributed by atoms with Crippen molar-refractivity contribution >= 4 is 24.6 Å². The smallest absolute Gasteiger partial charge is 0.373 e. The highest BCUT2D eigenvalue weighted by Crippen LogP contribution is 2.10. The highest BCUT2D eigenvalue weighted by molar-refractivity contribution is 5.74. The lowest BCUT2D eigenvalue weighted by molar-refractivity contribution is -0.316. The molecule has 0 spiro atoms. The number of aliphatic carboxylic acids is 2. The van der Waals surface area contributed by atoms with Crippen LogP contribution in [0.1, 0.15) is 65.2 Å². The molecule has 0 atom stereocenters. The molecule has 0 fully saturated rings. The van der Waals surface area contributed by atoms with Crippen molar-refractivity contribution in [3.63, 3.8) is 0 Å². The van der Waals surface area contributed by atoms with Gasteiger partial charge in [-0.05, 0) is 13.8 Å². The molecule has 0 saturated heterocycles. The van der Waals surface area contributed by atoms with Gasteiger partial charge in [0.1, 0.15) is 0 Å². The molecule has 0 aromatic rings. The lowest BCUT2D eigenvalue weighted by atomic mass is 9.98. The van der Waals surface area contributed by atoms with E-state index in [0.717, 1.165) is 0 Å². The van der Waals surface area contributed by atoms with Gasteiger partial charge in [-0.2, -0.15) is 9.59 Å². The summed E-state index contributed by atoms with van der Waals surface area (Å²) in [6.07, 6.45) is 0.250. The first-order valence-electron chi connectivity index (χ1n) is 7.07. The number of carboxylic acid groups (broad SMARTS) is 3. The van der Waals surface area contributed by atoms with Crippen LogP contribution in [0.2, 0.25) is 0 Å². The maximum atomic E-state index is 9.96. The number of carbonyl (C=O) groups is 3. The summed E-state index contributed by atoms with van der Waals surface area (Å²) >= 11 is 0. The Morgan fingerprint density at radius 2 is 1.08 bits per heavy atom. The summed E-state index contributed by atoms with van der Waals surface area (Å²) < 4.78 is 0. The lowest BCUT2D eigenvalue weighted by Crippen LogP contribution is -2.35. The quantitative estimate of drug-likeness (QED) is 0.531. The second-order valence-corrected chi connectivity index (χ2v) is 4.91. The van der Waals surface area contributed by atoms with E-state index in [9.17, 15) is 14.7 Å². The molecule has 0 heterocycles. The zero-order chi connectivity index (χ0) is 21.6. The predicted octanol–water partition coefficient (Wildman–Crippen LogP) is 1.94. The summed E-state index contributed by atoms with van der Waals surface area (Å²) in [4.78, 5) is 44.4. The van der Waals surface area contributed by atoms with Crippen LogP contribution in [0.3, 0.4) is 0 Å². The molecular weight excluding hydrogens is 344 g/mol. The van der Waals surface area contributed by atoms with E-state index in [-0.39, 0.29) is 23.9 Å². The normalized spacial score (nSPS) is 7.27. The van der Waals surface area contributed by atoms with Gasteiger partial charge in [-0.3, -0.25) is 0 Å². The molecule has 0 amide bonds. The van der Waals surface area contributed by atoms with E-state index in [1.807, 2.05) is 27.7 Å². The zero-order valence-corrected chi connectivity index (χ0v) is 18.1. The molecule has 0 rings (SSSR count). The first kappa shape index (κ1) is 49.5. The minimum absolute atomic E-state index is 0. The van der Waals surface area contributed by atoms with Crippen molar-refractivity contribution in [1.82, 2.24) is 0 Å². The second-order valence-electron chi connectivity index (χ2n) is 4.91. The van der Waals surface area contributed by atoms with E-state index in [2.05, 4.69) is 6.92 Å². The molecule has 0 radical (unpaired) electrons. The summed E-state index contributed by atoms with van der Waals surface area (Å²) in [6, 6.07) is 0. The number of rotatable bonds is 1. The van der Waals surface area contributed by atoms with Crippen molar-refractivity contribution in [2.24, 2.45) is 10.8 Å². The molecule has 0 aliphatic carbocycles. The average Bonchev–Trinajstić information content (AvgIpc) is 2.43. The summed E-state index contributed by atoms with van der Waals surface area (Å²) in [7, 11) is 0. The van der Waals surface area contributed by atoms with Crippen LogP contribution in [0.25, 0.3) is 0 Å². The lowest BCUT2D eigenvalue weighted by Gasteiger charge is -2.18. The number of carboxylic acids is 2. The average molecular weight is 386 g/mol. The molecule has 0 aliphatic rings. The highest BCUT2D eigenvalue weighted by atomic mass is 16.4. The Kier molecular flexibility index (Phi) is 64.5. The Morgan fingerprint density at radius 1 is 1.00 bits per heavy atom. The van der Waals surface area contributed by atoms with Crippen molar-refractivity contribution in [1.29, 1.82) is 0 Å². The molecule has 1 N–H and O–H groups in total. The van der Waals surface area contributed by atoms with E-state index in [0.29, 0.717) is 0 Å². The summed E-state index contributed by atoms with van der Waals surface area (Å²) in [6.45, 7) is 18.8. The van der Waals surface area contributed by atoms with Crippen molar-refractivity contribution in [3.05, 3.63) is 21.8 Å².